The molecule has 0 bridgehead atoms. The topological polar surface area (TPSA) is 90.1 Å². The van der Waals surface area contributed by atoms with Gasteiger partial charge < -0.3 is 15.8 Å². The van der Waals surface area contributed by atoms with Crippen molar-refractivity contribution in [3.63, 3.8) is 0 Å². The van der Waals surface area contributed by atoms with Gasteiger partial charge >= 0.3 is 6.09 Å². The third kappa shape index (κ3) is 5.45. The predicted octanol–water partition coefficient (Wildman–Crippen LogP) is 5.59. The molecule has 1 unspecified atom stereocenters. The van der Waals surface area contributed by atoms with Gasteiger partial charge in [-0.15, -0.1) is 0 Å². The van der Waals surface area contributed by atoms with E-state index in [-0.39, 0.29) is 11.2 Å². The Hall–Kier alpha value is -3.38. The number of alkyl carbamates (subject to hydrolysis) is 1. The zero-order chi connectivity index (χ0) is 22.3. The van der Waals surface area contributed by atoms with Crippen molar-refractivity contribution in [2.45, 2.75) is 31.7 Å². The molecule has 0 saturated heterocycles. The highest BCUT2D eigenvalue weighted by atomic mass is 35.5. The zero-order valence-corrected chi connectivity index (χ0v) is 18.4. The maximum atomic E-state index is 12.0. The van der Waals surface area contributed by atoms with Gasteiger partial charge in [0.2, 0.25) is 5.28 Å². The first-order chi connectivity index (χ1) is 15.6. The fraction of sp³-hybridized carbons (Fsp3) is 0.240. The molecule has 32 heavy (non-hydrogen) atoms. The number of anilines is 1. The fourth-order valence-electron chi connectivity index (χ4n) is 3.81. The van der Waals surface area contributed by atoms with Gasteiger partial charge in [-0.05, 0) is 53.6 Å². The molecule has 1 aliphatic rings. The quantitative estimate of drug-likeness (QED) is 0.346. The van der Waals surface area contributed by atoms with Crippen LogP contribution in [0.5, 0.6) is 0 Å². The number of unbranched alkanes of at least 4 members (excludes halogenated alkanes) is 1. The minimum Gasteiger partial charge on any atom is -0.450 e. The average Bonchev–Trinajstić information content (AvgIpc) is 3.21. The molecule has 1 aliphatic carbocycles. The first-order valence-corrected chi connectivity index (χ1v) is 11.0. The van der Waals surface area contributed by atoms with E-state index in [1.165, 1.54) is 0 Å². The number of carbonyl (C=O) groups excluding carboxylic acids is 1. The minimum absolute atomic E-state index is 0.165. The summed E-state index contributed by atoms with van der Waals surface area (Å²) in [4.78, 5) is 20.3. The van der Waals surface area contributed by atoms with Gasteiger partial charge in [-0.1, -0.05) is 60.7 Å². The standard InChI is InChI=1S/C25H25ClN4O2/c26-24-29-22-19(12-13-21(22)23(27)30-24)10-4-5-14-32-25(31)28-16-17-7-6-11-20(15-17)18-8-2-1-3-9-18/h1-3,6-9,11-13,15,19H,4-5,10,14,16H2,(H,28,31)(H2,27,29,30). The molecule has 1 atom stereocenters. The molecule has 6 nitrogen and oxygen atoms in total. The number of hydrogen-bond acceptors (Lipinski definition) is 5. The Morgan fingerprint density at radius 2 is 1.88 bits per heavy atom. The SMILES string of the molecule is Nc1nc(Cl)nc2c1C=CC2CCCCOC(=O)NCc1cccc(-c2ccccc2)c1. The molecule has 3 aromatic rings. The number of amides is 1. The number of nitrogens with two attached hydrogens (primary N) is 1. The molecular weight excluding hydrogens is 424 g/mol. The number of ether oxygens (including phenoxy) is 1. The van der Waals surface area contributed by atoms with Crippen LogP contribution in [0.15, 0.2) is 60.7 Å². The molecule has 2 aromatic carbocycles. The van der Waals surface area contributed by atoms with Crippen molar-refractivity contribution in [1.82, 2.24) is 15.3 Å². The van der Waals surface area contributed by atoms with Crippen LogP contribution in [0.4, 0.5) is 10.6 Å². The predicted molar refractivity (Wildman–Crippen MR) is 127 cm³/mol. The van der Waals surface area contributed by atoms with Crippen LogP contribution in [0.3, 0.4) is 0 Å². The first kappa shape index (κ1) is 21.8. The van der Waals surface area contributed by atoms with Crippen molar-refractivity contribution in [3.8, 4) is 11.1 Å². The molecule has 0 aliphatic heterocycles. The minimum atomic E-state index is -0.409. The number of nitrogen functional groups attached to an aromatic ring is 1. The van der Waals surface area contributed by atoms with Gasteiger partial charge in [0.15, 0.2) is 0 Å². The number of fused-ring (bicyclic) bond motifs is 1. The van der Waals surface area contributed by atoms with Crippen LogP contribution in [0, 0.1) is 0 Å². The molecule has 164 valence electrons. The highest BCUT2D eigenvalue weighted by Crippen LogP contribution is 2.35. The van der Waals surface area contributed by atoms with Crippen LogP contribution in [0.1, 0.15) is 42.0 Å². The Morgan fingerprint density at radius 3 is 2.72 bits per heavy atom. The van der Waals surface area contributed by atoms with Gasteiger partial charge in [-0.25, -0.2) is 14.8 Å². The summed E-state index contributed by atoms with van der Waals surface area (Å²) in [5.41, 5.74) is 10.9. The van der Waals surface area contributed by atoms with E-state index in [9.17, 15) is 4.79 Å². The summed E-state index contributed by atoms with van der Waals surface area (Å²) in [6.45, 7) is 0.789. The largest absolute Gasteiger partial charge is 0.450 e. The molecule has 4 rings (SSSR count). The number of halogens is 1. The van der Waals surface area contributed by atoms with E-state index < -0.39 is 6.09 Å². The summed E-state index contributed by atoms with van der Waals surface area (Å²) in [5, 5.41) is 2.99. The van der Waals surface area contributed by atoms with Crippen molar-refractivity contribution in [2.75, 3.05) is 12.3 Å². The van der Waals surface area contributed by atoms with Crippen molar-refractivity contribution in [3.05, 3.63) is 82.8 Å². The second kappa shape index (κ2) is 10.3. The molecule has 0 fully saturated rings. The molecule has 3 N–H and O–H groups in total. The van der Waals surface area contributed by atoms with E-state index >= 15 is 0 Å². The summed E-state index contributed by atoms with van der Waals surface area (Å²) in [6, 6.07) is 18.3. The third-order valence-corrected chi connectivity index (χ3v) is 5.61. The number of allylic oxidation sites excluding steroid dienone is 1. The Bertz CT molecular complexity index is 1120. The van der Waals surface area contributed by atoms with Crippen LogP contribution < -0.4 is 11.1 Å². The summed E-state index contributed by atoms with van der Waals surface area (Å²) in [5.74, 6) is 0.576. The van der Waals surface area contributed by atoms with Crippen LogP contribution in [-0.2, 0) is 11.3 Å². The number of aromatic nitrogens is 2. The van der Waals surface area contributed by atoms with Crippen LogP contribution >= 0.6 is 11.6 Å². The summed E-state index contributed by atoms with van der Waals surface area (Å²) >= 11 is 5.93. The number of nitrogens with one attached hydrogen (secondary N) is 1. The van der Waals surface area contributed by atoms with E-state index in [1.54, 1.807) is 0 Å². The van der Waals surface area contributed by atoms with Gasteiger partial charge in [-0.3, -0.25) is 0 Å². The molecule has 7 heteroatoms. The van der Waals surface area contributed by atoms with Crippen LogP contribution in [0.2, 0.25) is 5.28 Å². The van der Waals surface area contributed by atoms with Crippen LogP contribution in [-0.4, -0.2) is 22.7 Å². The van der Waals surface area contributed by atoms with E-state index in [0.717, 1.165) is 47.2 Å². The molecule has 0 radical (unpaired) electrons. The zero-order valence-electron chi connectivity index (χ0n) is 17.6. The molecule has 0 spiro atoms. The van der Waals surface area contributed by atoms with Gasteiger partial charge in [0.25, 0.3) is 0 Å². The number of rotatable bonds is 8. The van der Waals surface area contributed by atoms with Gasteiger partial charge in [-0.2, -0.15) is 0 Å². The summed E-state index contributed by atoms with van der Waals surface area (Å²) in [7, 11) is 0. The highest BCUT2D eigenvalue weighted by Gasteiger charge is 2.22. The second-order valence-corrected chi connectivity index (χ2v) is 8.03. The first-order valence-electron chi connectivity index (χ1n) is 10.7. The Balaban J connectivity index is 1.17. The van der Waals surface area contributed by atoms with E-state index in [4.69, 9.17) is 22.1 Å². The maximum Gasteiger partial charge on any atom is 0.407 e. The van der Waals surface area contributed by atoms with Crippen molar-refractivity contribution in [1.29, 1.82) is 0 Å². The fourth-order valence-corrected chi connectivity index (χ4v) is 4.00. The normalized spacial score (nSPS) is 14.2. The lowest BCUT2D eigenvalue weighted by Gasteiger charge is -2.11. The number of nitrogens with zero attached hydrogens (tertiary/aromatic N) is 2. The maximum absolute atomic E-state index is 12.0. The lowest BCUT2D eigenvalue weighted by molar-refractivity contribution is 0.143. The van der Waals surface area contributed by atoms with E-state index in [2.05, 4.69) is 45.6 Å². The monoisotopic (exact) mass is 448 g/mol. The van der Waals surface area contributed by atoms with Gasteiger partial charge in [0, 0.05) is 18.0 Å². The smallest absolute Gasteiger partial charge is 0.407 e. The number of hydrogen-bond donors (Lipinski definition) is 2. The van der Waals surface area contributed by atoms with E-state index in [1.807, 2.05) is 36.4 Å². The van der Waals surface area contributed by atoms with Crippen molar-refractivity contribution < 1.29 is 9.53 Å². The average molecular weight is 449 g/mol. The lowest BCUT2D eigenvalue weighted by Crippen LogP contribution is -2.24. The second-order valence-electron chi connectivity index (χ2n) is 7.69. The Labute approximate surface area is 192 Å². The molecule has 0 saturated carbocycles. The summed E-state index contributed by atoms with van der Waals surface area (Å²) < 4.78 is 5.32. The molecule has 1 heterocycles. The summed E-state index contributed by atoms with van der Waals surface area (Å²) in [6.07, 6.45) is 6.15. The highest BCUT2D eigenvalue weighted by molar-refractivity contribution is 6.28. The van der Waals surface area contributed by atoms with Gasteiger partial charge in [0.05, 0.1) is 12.3 Å². The van der Waals surface area contributed by atoms with E-state index in [0.29, 0.717) is 19.0 Å². The molecular formula is C25H25ClN4O2. The van der Waals surface area contributed by atoms with Crippen molar-refractivity contribution >= 4 is 29.6 Å². The number of carbonyl (C=O) groups is 1. The Kier molecular flexibility index (Phi) is 7.02. The van der Waals surface area contributed by atoms with Crippen molar-refractivity contribution in [2.24, 2.45) is 0 Å². The van der Waals surface area contributed by atoms with Crippen LogP contribution in [0.25, 0.3) is 17.2 Å². The van der Waals surface area contributed by atoms with Gasteiger partial charge in [0.1, 0.15) is 5.82 Å². The molecule has 1 aromatic heterocycles. The third-order valence-electron chi connectivity index (χ3n) is 5.44. The lowest BCUT2D eigenvalue weighted by atomic mass is 10.0. The number of benzene rings is 2. The molecule has 1 amide bonds. The Morgan fingerprint density at radius 1 is 1.06 bits per heavy atom.